The van der Waals surface area contributed by atoms with Gasteiger partial charge in [-0.05, 0) is 55.2 Å². The third-order valence-electron chi connectivity index (χ3n) is 6.06. The van der Waals surface area contributed by atoms with Gasteiger partial charge in [-0.25, -0.2) is 4.39 Å². The highest BCUT2D eigenvalue weighted by Crippen LogP contribution is 2.40. The van der Waals surface area contributed by atoms with Crippen LogP contribution in [0.3, 0.4) is 0 Å². The van der Waals surface area contributed by atoms with Crippen LogP contribution in [0.1, 0.15) is 31.2 Å². The van der Waals surface area contributed by atoms with Crippen LogP contribution in [-0.2, 0) is 14.9 Å². The molecule has 0 bridgehead atoms. The molecule has 2 atom stereocenters. The van der Waals surface area contributed by atoms with Gasteiger partial charge in [-0.15, -0.1) is 0 Å². The summed E-state index contributed by atoms with van der Waals surface area (Å²) in [6.45, 7) is 2.89. The summed E-state index contributed by atoms with van der Waals surface area (Å²) >= 11 is 0. The zero-order valence-corrected chi connectivity index (χ0v) is 13.9. The van der Waals surface area contributed by atoms with E-state index in [4.69, 9.17) is 4.74 Å². The molecule has 0 N–H and O–H groups in total. The molecule has 2 unspecified atom stereocenters. The Labute approximate surface area is 142 Å². The summed E-state index contributed by atoms with van der Waals surface area (Å²) in [5, 5.41) is 0. The lowest BCUT2D eigenvalue weighted by Crippen LogP contribution is -2.49. The SMILES string of the molecule is O=C(N1CC2CC=CCC2C1)C1(c2ccc(F)cc2)CCOCC1. The normalized spacial score (nSPS) is 28.6. The molecule has 2 heterocycles. The van der Waals surface area contributed by atoms with E-state index in [1.165, 1.54) is 12.1 Å². The van der Waals surface area contributed by atoms with Gasteiger partial charge < -0.3 is 9.64 Å². The molecule has 4 rings (SSSR count). The zero-order chi connectivity index (χ0) is 16.6. The highest BCUT2D eigenvalue weighted by molar-refractivity contribution is 5.88. The number of rotatable bonds is 2. The number of likely N-dealkylation sites (tertiary alicyclic amines) is 1. The molecule has 1 aliphatic carbocycles. The predicted octanol–water partition coefficient (Wildman–Crippen LogP) is 3.30. The van der Waals surface area contributed by atoms with Crippen LogP contribution in [0.15, 0.2) is 36.4 Å². The quantitative estimate of drug-likeness (QED) is 0.779. The molecule has 128 valence electrons. The van der Waals surface area contributed by atoms with Crippen LogP contribution in [0, 0.1) is 17.7 Å². The molecule has 1 amide bonds. The number of benzene rings is 1. The lowest BCUT2D eigenvalue weighted by Gasteiger charge is -2.39. The second-order valence-electron chi connectivity index (χ2n) is 7.37. The molecule has 0 spiro atoms. The number of fused-ring (bicyclic) bond motifs is 1. The van der Waals surface area contributed by atoms with E-state index in [1.807, 2.05) is 0 Å². The highest BCUT2D eigenvalue weighted by Gasteiger charge is 2.47. The van der Waals surface area contributed by atoms with Crippen LogP contribution in [0.4, 0.5) is 4.39 Å². The smallest absolute Gasteiger partial charge is 0.233 e. The Bertz CT molecular complexity index is 618. The summed E-state index contributed by atoms with van der Waals surface area (Å²) in [4.78, 5) is 15.6. The van der Waals surface area contributed by atoms with Gasteiger partial charge in [0.1, 0.15) is 5.82 Å². The number of carbonyl (C=O) groups excluding carboxylic acids is 1. The number of hydrogen-bond acceptors (Lipinski definition) is 2. The Hall–Kier alpha value is -1.68. The Morgan fingerprint density at radius 3 is 2.21 bits per heavy atom. The molecule has 0 saturated carbocycles. The maximum absolute atomic E-state index is 13.5. The van der Waals surface area contributed by atoms with Crippen molar-refractivity contribution in [3.05, 3.63) is 47.8 Å². The van der Waals surface area contributed by atoms with Crippen LogP contribution in [0.5, 0.6) is 0 Å². The number of carbonyl (C=O) groups is 1. The van der Waals surface area contributed by atoms with E-state index in [2.05, 4.69) is 17.1 Å². The van der Waals surface area contributed by atoms with Crippen LogP contribution in [-0.4, -0.2) is 37.1 Å². The molecule has 0 aromatic heterocycles. The lowest BCUT2D eigenvalue weighted by atomic mass is 9.73. The van der Waals surface area contributed by atoms with Gasteiger partial charge in [0.25, 0.3) is 0 Å². The topological polar surface area (TPSA) is 29.5 Å². The average Bonchev–Trinajstić information content (AvgIpc) is 3.06. The van der Waals surface area contributed by atoms with Gasteiger partial charge in [0.05, 0.1) is 5.41 Å². The summed E-state index contributed by atoms with van der Waals surface area (Å²) in [6.07, 6.45) is 8.03. The minimum Gasteiger partial charge on any atom is -0.381 e. The first-order valence-electron chi connectivity index (χ1n) is 8.97. The first-order chi connectivity index (χ1) is 11.7. The number of ether oxygens (including phenoxy) is 1. The maximum Gasteiger partial charge on any atom is 0.233 e. The minimum absolute atomic E-state index is 0.215. The number of amides is 1. The van der Waals surface area contributed by atoms with Crippen LogP contribution >= 0.6 is 0 Å². The second-order valence-corrected chi connectivity index (χ2v) is 7.37. The number of halogens is 1. The molecule has 1 aromatic carbocycles. The zero-order valence-electron chi connectivity index (χ0n) is 13.9. The molecule has 2 fully saturated rings. The van der Waals surface area contributed by atoms with E-state index in [9.17, 15) is 9.18 Å². The van der Waals surface area contributed by atoms with Gasteiger partial charge in [0.2, 0.25) is 5.91 Å². The van der Waals surface area contributed by atoms with Gasteiger partial charge >= 0.3 is 0 Å². The van der Waals surface area contributed by atoms with Crippen molar-refractivity contribution >= 4 is 5.91 Å². The van der Waals surface area contributed by atoms with Gasteiger partial charge in [-0.3, -0.25) is 4.79 Å². The van der Waals surface area contributed by atoms with Crippen molar-refractivity contribution in [2.75, 3.05) is 26.3 Å². The monoisotopic (exact) mass is 329 g/mol. The van der Waals surface area contributed by atoms with Gasteiger partial charge in [-0.1, -0.05) is 24.3 Å². The van der Waals surface area contributed by atoms with Crippen molar-refractivity contribution < 1.29 is 13.9 Å². The second kappa shape index (κ2) is 6.32. The molecular weight excluding hydrogens is 305 g/mol. The van der Waals surface area contributed by atoms with Crippen molar-refractivity contribution in [1.82, 2.24) is 4.90 Å². The van der Waals surface area contributed by atoms with Crippen LogP contribution < -0.4 is 0 Å². The molecule has 4 heteroatoms. The van der Waals surface area contributed by atoms with Crippen molar-refractivity contribution in [2.45, 2.75) is 31.1 Å². The molecule has 2 aliphatic heterocycles. The standard InChI is InChI=1S/C20H24FNO2/c21-18-7-5-17(6-8-18)20(9-11-24-12-10-20)19(23)22-13-15-3-1-2-4-16(15)14-22/h1-2,5-8,15-16H,3-4,9-14H2. The van der Waals surface area contributed by atoms with E-state index in [0.29, 0.717) is 37.9 Å². The largest absolute Gasteiger partial charge is 0.381 e. The summed E-state index contributed by atoms with van der Waals surface area (Å²) < 4.78 is 18.9. The number of allylic oxidation sites excluding steroid dienone is 2. The summed E-state index contributed by atoms with van der Waals surface area (Å²) in [5.74, 6) is 1.16. The van der Waals surface area contributed by atoms with E-state index in [1.54, 1.807) is 12.1 Å². The van der Waals surface area contributed by atoms with Gasteiger partial charge in [0.15, 0.2) is 0 Å². The van der Waals surface area contributed by atoms with E-state index >= 15 is 0 Å². The van der Waals surface area contributed by atoms with Crippen molar-refractivity contribution in [3.63, 3.8) is 0 Å². The van der Waals surface area contributed by atoms with Crippen molar-refractivity contribution in [2.24, 2.45) is 11.8 Å². The van der Waals surface area contributed by atoms with Gasteiger partial charge in [-0.2, -0.15) is 0 Å². The van der Waals surface area contributed by atoms with E-state index in [0.717, 1.165) is 31.5 Å². The van der Waals surface area contributed by atoms with Gasteiger partial charge in [0, 0.05) is 26.3 Å². The summed E-state index contributed by atoms with van der Waals surface area (Å²) in [7, 11) is 0. The first-order valence-corrected chi connectivity index (χ1v) is 8.97. The van der Waals surface area contributed by atoms with Crippen molar-refractivity contribution in [3.8, 4) is 0 Å². The molecule has 3 aliphatic rings. The molecule has 1 aromatic rings. The molecule has 3 nitrogen and oxygen atoms in total. The molecule has 24 heavy (non-hydrogen) atoms. The van der Waals surface area contributed by atoms with Crippen molar-refractivity contribution in [1.29, 1.82) is 0 Å². The summed E-state index contributed by atoms with van der Waals surface area (Å²) in [6, 6.07) is 6.49. The Balaban J connectivity index is 1.62. The molecule has 0 radical (unpaired) electrons. The fourth-order valence-electron chi connectivity index (χ4n) is 4.60. The fraction of sp³-hybridized carbons (Fsp3) is 0.550. The Morgan fingerprint density at radius 1 is 1.04 bits per heavy atom. The van der Waals surface area contributed by atoms with E-state index in [-0.39, 0.29) is 11.7 Å². The maximum atomic E-state index is 13.5. The first kappa shape index (κ1) is 15.8. The van der Waals surface area contributed by atoms with E-state index < -0.39 is 5.41 Å². The Kier molecular flexibility index (Phi) is 4.17. The third kappa shape index (κ3) is 2.67. The fourth-order valence-corrected chi connectivity index (χ4v) is 4.60. The molecular formula is C20H24FNO2. The lowest BCUT2D eigenvalue weighted by molar-refractivity contribution is -0.140. The minimum atomic E-state index is -0.549. The third-order valence-corrected chi connectivity index (χ3v) is 6.06. The van der Waals surface area contributed by atoms with Crippen LogP contribution in [0.25, 0.3) is 0 Å². The highest BCUT2D eigenvalue weighted by atomic mass is 19.1. The van der Waals surface area contributed by atoms with Crippen LogP contribution in [0.2, 0.25) is 0 Å². The molecule has 2 saturated heterocycles. The number of nitrogens with zero attached hydrogens (tertiary/aromatic N) is 1. The average molecular weight is 329 g/mol. The Morgan fingerprint density at radius 2 is 1.62 bits per heavy atom. The number of hydrogen-bond donors (Lipinski definition) is 0. The summed E-state index contributed by atoms with van der Waals surface area (Å²) in [5.41, 5.74) is 0.387. The predicted molar refractivity (Wildman–Crippen MR) is 90.1 cm³/mol.